The van der Waals surface area contributed by atoms with Gasteiger partial charge in [0.15, 0.2) is 6.10 Å². The number of nitrogens with one attached hydrogen (secondary N) is 1. The molecule has 0 radical (unpaired) electrons. The van der Waals surface area contributed by atoms with E-state index in [1.54, 1.807) is 0 Å². The minimum Gasteiger partial charge on any atom is -0.480 e. The van der Waals surface area contributed by atoms with Crippen molar-refractivity contribution in [3.05, 3.63) is 64.2 Å². The smallest absolute Gasteiger partial charge is 0.261 e. The number of hydrogen-bond donors (Lipinski definition) is 1. The number of aryl methyl sites for hydroxylation is 4. The van der Waals surface area contributed by atoms with E-state index in [1.807, 2.05) is 45.0 Å². The van der Waals surface area contributed by atoms with Gasteiger partial charge in [0.05, 0.1) is 6.04 Å². The number of ether oxygens (including phenoxy) is 1. The molecule has 1 amide bonds. The van der Waals surface area contributed by atoms with Crippen molar-refractivity contribution in [1.82, 2.24) is 5.32 Å². The van der Waals surface area contributed by atoms with Crippen molar-refractivity contribution >= 4 is 5.91 Å². The van der Waals surface area contributed by atoms with Gasteiger partial charge in [-0.3, -0.25) is 4.79 Å². The number of benzene rings is 2. The Morgan fingerprint density at radius 2 is 1.64 bits per heavy atom. The minimum absolute atomic E-state index is 0.0543. The molecular weight excluding hydrogens is 310 g/mol. The number of rotatable bonds is 6. The molecule has 25 heavy (non-hydrogen) atoms. The third-order valence-corrected chi connectivity index (χ3v) is 4.73. The number of para-hydroxylation sites is 1. The minimum atomic E-state index is -0.490. The summed E-state index contributed by atoms with van der Waals surface area (Å²) in [6.45, 7) is 12.3. The summed E-state index contributed by atoms with van der Waals surface area (Å²) in [6.07, 6.45) is 0.133. The van der Waals surface area contributed by atoms with E-state index >= 15 is 0 Å². The second-order valence-electron chi connectivity index (χ2n) is 6.80. The molecule has 0 saturated heterocycles. The standard InChI is InChI=1S/C22H29NO2/c1-7-20(25-21-11-9-8-10-14(21)2)22(24)23-18(6)19-13-16(4)15(3)12-17(19)5/h8-13,18,20H,7H2,1-6H3,(H,23,24)/t18-,20-/m1/s1. The topological polar surface area (TPSA) is 38.3 Å². The van der Waals surface area contributed by atoms with Crippen molar-refractivity contribution in [2.24, 2.45) is 0 Å². The predicted octanol–water partition coefficient (Wildman–Crippen LogP) is 4.96. The highest BCUT2D eigenvalue weighted by molar-refractivity contribution is 5.81. The second kappa shape index (κ2) is 8.19. The van der Waals surface area contributed by atoms with Crippen molar-refractivity contribution < 1.29 is 9.53 Å². The van der Waals surface area contributed by atoms with Crippen LogP contribution in [0, 0.1) is 27.7 Å². The van der Waals surface area contributed by atoms with Crippen molar-refractivity contribution in [3.63, 3.8) is 0 Å². The molecule has 0 unspecified atom stereocenters. The molecule has 0 aromatic heterocycles. The zero-order valence-electron chi connectivity index (χ0n) is 16.1. The maximum Gasteiger partial charge on any atom is 0.261 e. The fourth-order valence-corrected chi connectivity index (χ4v) is 3.00. The average Bonchev–Trinajstić information content (AvgIpc) is 2.57. The Balaban J connectivity index is 2.11. The van der Waals surface area contributed by atoms with Crippen LogP contribution in [0.15, 0.2) is 36.4 Å². The van der Waals surface area contributed by atoms with E-state index in [4.69, 9.17) is 4.74 Å². The zero-order chi connectivity index (χ0) is 18.6. The average molecular weight is 339 g/mol. The lowest BCUT2D eigenvalue weighted by molar-refractivity contribution is -0.128. The van der Waals surface area contributed by atoms with Crippen molar-refractivity contribution in [2.75, 3.05) is 0 Å². The van der Waals surface area contributed by atoms with Crippen LogP contribution >= 0.6 is 0 Å². The van der Waals surface area contributed by atoms with Gasteiger partial charge in [0.1, 0.15) is 5.75 Å². The second-order valence-corrected chi connectivity index (χ2v) is 6.80. The molecule has 134 valence electrons. The quantitative estimate of drug-likeness (QED) is 0.808. The van der Waals surface area contributed by atoms with Gasteiger partial charge in [-0.1, -0.05) is 37.3 Å². The van der Waals surface area contributed by atoms with Crippen LogP contribution in [0.2, 0.25) is 0 Å². The molecule has 0 bridgehead atoms. The number of carbonyl (C=O) groups is 1. The molecule has 0 aliphatic heterocycles. The van der Waals surface area contributed by atoms with E-state index in [9.17, 15) is 4.79 Å². The molecule has 2 aromatic rings. The van der Waals surface area contributed by atoms with E-state index in [-0.39, 0.29) is 11.9 Å². The van der Waals surface area contributed by atoms with Crippen molar-refractivity contribution in [1.29, 1.82) is 0 Å². The number of amides is 1. The van der Waals surface area contributed by atoms with Crippen LogP contribution in [0.5, 0.6) is 5.75 Å². The monoisotopic (exact) mass is 339 g/mol. The van der Waals surface area contributed by atoms with E-state index in [0.717, 1.165) is 16.9 Å². The number of carbonyl (C=O) groups excluding carboxylic acids is 1. The van der Waals surface area contributed by atoms with Gasteiger partial charge in [-0.15, -0.1) is 0 Å². The SMILES string of the molecule is CC[C@@H](Oc1ccccc1C)C(=O)N[C@H](C)c1cc(C)c(C)cc1C. The molecule has 0 saturated carbocycles. The Morgan fingerprint density at radius 3 is 2.28 bits per heavy atom. The summed E-state index contributed by atoms with van der Waals surface area (Å²) in [7, 11) is 0. The third-order valence-electron chi connectivity index (χ3n) is 4.73. The maximum atomic E-state index is 12.7. The summed E-state index contributed by atoms with van der Waals surface area (Å²) >= 11 is 0. The number of hydrogen-bond acceptors (Lipinski definition) is 2. The van der Waals surface area contributed by atoms with Crippen LogP contribution in [0.25, 0.3) is 0 Å². The highest BCUT2D eigenvalue weighted by atomic mass is 16.5. The molecule has 0 aliphatic rings. The highest BCUT2D eigenvalue weighted by Crippen LogP contribution is 2.23. The Kier molecular flexibility index (Phi) is 6.24. The van der Waals surface area contributed by atoms with Gasteiger partial charge < -0.3 is 10.1 Å². The van der Waals surface area contributed by atoms with Crippen molar-refractivity contribution in [3.8, 4) is 5.75 Å². The zero-order valence-corrected chi connectivity index (χ0v) is 16.1. The van der Waals surface area contributed by atoms with Gasteiger partial charge in [-0.2, -0.15) is 0 Å². The highest BCUT2D eigenvalue weighted by Gasteiger charge is 2.22. The molecule has 3 nitrogen and oxygen atoms in total. The molecule has 0 spiro atoms. The molecule has 0 fully saturated rings. The largest absolute Gasteiger partial charge is 0.480 e. The summed E-state index contributed by atoms with van der Waals surface area (Å²) in [5, 5.41) is 3.11. The fourth-order valence-electron chi connectivity index (χ4n) is 3.00. The molecule has 0 aliphatic carbocycles. The summed E-state index contributed by atoms with van der Waals surface area (Å²) in [6, 6.07) is 12.1. The first-order valence-corrected chi connectivity index (χ1v) is 8.93. The van der Waals surface area contributed by atoms with Crippen LogP contribution in [-0.2, 0) is 4.79 Å². The van der Waals surface area contributed by atoms with Crippen LogP contribution in [0.4, 0.5) is 0 Å². The van der Waals surface area contributed by atoms with E-state index in [2.05, 4.69) is 38.2 Å². The Morgan fingerprint density at radius 1 is 1.00 bits per heavy atom. The molecular formula is C22H29NO2. The lowest BCUT2D eigenvalue weighted by Crippen LogP contribution is -2.39. The van der Waals surface area contributed by atoms with Gasteiger partial charge in [0.25, 0.3) is 5.91 Å². The lowest BCUT2D eigenvalue weighted by atomic mass is 9.96. The van der Waals surface area contributed by atoms with E-state index in [1.165, 1.54) is 16.7 Å². The Bertz CT molecular complexity index is 752. The lowest BCUT2D eigenvalue weighted by Gasteiger charge is -2.23. The molecule has 1 N–H and O–H groups in total. The summed E-state index contributed by atoms with van der Waals surface area (Å²) in [5.74, 6) is 0.690. The first kappa shape index (κ1) is 19.0. The van der Waals surface area contributed by atoms with Gasteiger partial charge in [0, 0.05) is 0 Å². The summed E-state index contributed by atoms with van der Waals surface area (Å²) in [5.41, 5.74) is 5.90. The van der Waals surface area contributed by atoms with Crippen LogP contribution in [0.1, 0.15) is 54.1 Å². The van der Waals surface area contributed by atoms with Gasteiger partial charge in [0.2, 0.25) is 0 Å². The van der Waals surface area contributed by atoms with Gasteiger partial charge >= 0.3 is 0 Å². The maximum absolute atomic E-state index is 12.7. The van der Waals surface area contributed by atoms with Crippen LogP contribution in [-0.4, -0.2) is 12.0 Å². The molecule has 2 rings (SSSR count). The molecule has 2 atom stereocenters. The van der Waals surface area contributed by atoms with Gasteiger partial charge in [-0.05, 0) is 74.9 Å². The van der Waals surface area contributed by atoms with E-state index in [0.29, 0.717) is 6.42 Å². The van der Waals surface area contributed by atoms with Crippen molar-refractivity contribution in [2.45, 2.75) is 60.1 Å². The Labute approximate surface area is 151 Å². The Hall–Kier alpha value is -2.29. The van der Waals surface area contributed by atoms with Crippen LogP contribution in [0.3, 0.4) is 0 Å². The first-order chi connectivity index (χ1) is 11.8. The van der Waals surface area contributed by atoms with Gasteiger partial charge in [-0.25, -0.2) is 0 Å². The molecule has 2 aromatic carbocycles. The third kappa shape index (κ3) is 4.62. The normalized spacial score (nSPS) is 13.2. The molecule has 0 heterocycles. The first-order valence-electron chi connectivity index (χ1n) is 8.93. The van der Waals surface area contributed by atoms with E-state index < -0.39 is 6.10 Å². The predicted molar refractivity (Wildman–Crippen MR) is 103 cm³/mol. The van der Waals surface area contributed by atoms with Crippen LogP contribution < -0.4 is 10.1 Å². The summed E-state index contributed by atoms with van der Waals surface area (Å²) < 4.78 is 5.95. The summed E-state index contributed by atoms with van der Waals surface area (Å²) in [4.78, 5) is 12.7. The fraction of sp³-hybridized carbons (Fsp3) is 0.409. The molecule has 3 heteroatoms.